The predicted molar refractivity (Wildman–Crippen MR) is 270 cm³/mol. The number of thiazole rings is 1. The zero-order valence-electron chi connectivity index (χ0n) is 41.1. The zero-order chi connectivity index (χ0) is 49.9. The third kappa shape index (κ3) is 13.7. The smallest absolute Gasteiger partial charge is 0.264 e. The Morgan fingerprint density at radius 2 is 1.61 bits per heavy atom. The average Bonchev–Trinajstić information content (AvgIpc) is 4.00. The lowest BCUT2D eigenvalue weighted by atomic mass is 9.85. The summed E-state index contributed by atoms with van der Waals surface area (Å²) in [6.45, 7) is 11.9. The molecule has 0 radical (unpaired) electrons. The number of ether oxygens (including phenoxy) is 2. The quantitative estimate of drug-likeness (QED) is 0.0373. The number of aliphatic hydroxyl groups is 1. The number of nitrogens with zero attached hydrogens (tertiary/aromatic N) is 3. The van der Waals surface area contributed by atoms with Gasteiger partial charge in [-0.15, -0.1) is 11.3 Å². The second kappa shape index (κ2) is 24.0. The van der Waals surface area contributed by atoms with Crippen LogP contribution in [0.1, 0.15) is 129 Å². The van der Waals surface area contributed by atoms with Gasteiger partial charge in [0.15, 0.2) is 11.5 Å². The lowest BCUT2D eigenvalue weighted by Gasteiger charge is -2.35. The first-order chi connectivity index (χ1) is 32.9. The number of benzene rings is 3. The highest BCUT2D eigenvalue weighted by atomic mass is 32.2. The molecule has 0 saturated carbocycles. The summed E-state index contributed by atoms with van der Waals surface area (Å²) in [5.74, 6) is -1.14. The SMILES string of the molecule is CCOc1cc(C(CS(C)(=O)=O)N2C(=O)c3cccc(NCCCCCCCCCCNC(C(=O)N4C[C@H](O)C[C@H]4C(=O)NCc4ccc(-c5scnc5C)cc4)C(C)(C)C)c3C2=O)ccc1OC. The van der Waals surface area contributed by atoms with Crippen LogP contribution in [-0.2, 0) is 26.0 Å². The van der Waals surface area contributed by atoms with Crippen LogP contribution in [0.25, 0.3) is 10.4 Å². The molecule has 1 saturated heterocycles. The Hall–Kier alpha value is -5.36. The van der Waals surface area contributed by atoms with Gasteiger partial charge >= 0.3 is 0 Å². The molecular formula is C52H70N6O9S2. The molecular weight excluding hydrogens is 917 g/mol. The fourth-order valence-electron chi connectivity index (χ4n) is 9.18. The molecule has 4 N–H and O–H groups in total. The van der Waals surface area contributed by atoms with Gasteiger partial charge in [0.2, 0.25) is 11.8 Å². The molecule has 1 fully saturated rings. The average molecular weight is 987 g/mol. The number of fused-ring (bicyclic) bond motifs is 1. The highest BCUT2D eigenvalue weighted by Gasteiger charge is 2.45. The van der Waals surface area contributed by atoms with E-state index in [1.165, 1.54) is 7.11 Å². The minimum atomic E-state index is -3.63. The number of anilines is 1. The molecule has 2 unspecified atom stereocenters. The number of likely N-dealkylation sites (tertiary alicyclic amines) is 1. The number of β-amino-alcohol motifs (C(OH)–C–C–N with tert-alkyl or cyclic N) is 1. The van der Waals surface area contributed by atoms with Crippen molar-refractivity contribution in [3.8, 4) is 21.9 Å². The number of aromatic nitrogens is 1. The van der Waals surface area contributed by atoms with Crippen LogP contribution in [0, 0.1) is 12.3 Å². The van der Waals surface area contributed by atoms with E-state index in [-0.39, 0.29) is 35.9 Å². The standard InChI is InChI=1S/C52H70N6O9S2/c1-8-67-44-28-37(24-25-43(44)66-6)42(32-69(7,64)65)58-49(61)39-18-17-19-40(45(39)50(58)62)53-26-15-13-11-9-10-12-14-16-27-54-47(52(3,4)5)51(63)57-31-38(59)29-41(57)48(60)55-30-35-20-22-36(23-21-35)46-34(2)56-33-68-46/h17-25,28,33,38,41-42,47,53-54,59H,8-16,26-27,29-32H2,1-7H3,(H,55,60)/t38-,41+,42?,47?/m1/s1. The van der Waals surface area contributed by atoms with Crippen molar-refractivity contribution in [1.29, 1.82) is 0 Å². The monoisotopic (exact) mass is 986 g/mol. The first-order valence-electron chi connectivity index (χ1n) is 24.1. The van der Waals surface area contributed by atoms with Gasteiger partial charge in [-0.25, -0.2) is 13.4 Å². The Morgan fingerprint density at radius 1 is 0.928 bits per heavy atom. The number of hydrogen-bond acceptors (Lipinski definition) is 13. The molecule has 0 bridgehead atoms. The molecule has 2 aliphatic rings. The number of hydrogen-bond donors (Lipinski definition) is 4. The number of unbranched alkanes of at least 4 members (excludes halogenated alkanes) is 7. The van der Waals surface area contributed by atoms with Crippen LogP contribution in [0.5, 0.6) is 11.5 Å². The summed E-state index contributed by atoms with van der Waals surface area (Å²) in [5, 5.41) is 20.5. The minimum absolute atomic E-state index is 0.121. The van der Waals surface area contributed by atoms with E-state index in [9.17, 15) is 32.7 Å². The number of imide groups is 1. The van der Waals surface area contributed by atoms with Crippen molar-refractivity contribution >= 4 is 50.5 Å². The highest BCUT2D eigenvalue weighted by Crippen LogP contribution is 2.39. The summed E-state index contributed by atoms with van der Waals surface area (Å²) in [6, 6.07) is 15.7. The Bertz CT molecular complexity index is 2520. The number of aryl methyl sites for hydroxylation is 1. The first-order valence-corrected chi connectivity index (χ1v) is 27.1. The molecule has 69 heavy (non-hydrogen) atoms. The van der Waals surface area contributed by atoms with Crippen LogP contribution >= 0.6 is 11.3 Å². The second-order valence-electron chi connectivity index (χ2n) is 19.2. The van der Waals surface area contributed by atoms with E-state index in [0.29, 0.717) is 49.0 Å². The van der Waals surface area contributed by atoms with Crippen molar-refractivity contribution < 1.29 is 42.2 Å². The summed E-state index contributed by atoms with van der Waals surface area (Å²) in [4.78, 5) is 63.4. The zero-order valence-corrected chi connectivity index (χ0v) is 42.8. The Morgan fingerprint density at radius 3 is 2.23 bits per heavy atom. The first kappa shape index (κ1) is 53.0. The van der Waals surface area contributed by atoms with Gasteiger partial charge in [0.05, 0.1) is 64.9 Å². The number of methoxy groups -OCH3 is 1. The molecule has 0 spiro atoms. The maximum absolute atomic E-state index is 14.1. The van der Waals surface area contributed by atoms with Crippen LogP contribution in [0.15, 0.2) is 66.2 Å². The number of nitrogens with one attached hydrogen (secondary N) is 3. The number of carbonyl (C=O) groups is 4. The number of rotatable bonds is 25. The normalized spacial score (nSPS) is 16.9. The van der Waals surface area contributed by atoms with Gasteiger partial charge in [0.1, 0.15) is 15.9 Å². The van der Waals surface area contributed by atoms with E-state index in [0.717, 1.165) is 84.2 Å². The number of amides is 4. The van der Waals surface area contributed by atoms with Crippen molar-refractivity contribution in [3.05, 3.63) is 94.1 Å². The largest absolute Gasteiger partial charge is 0.493 e. The molecule has 15 nitrogen and oxygen atoms in total. The van der Waals surface area contributed by atoms with Gasteiger partial charge in [-0.05, 0) is 79.6 Å². The highest BCUT2D eigenvalue weighted by molar-refractivity contribution is 7.90. The van der Waals surface area contributed by atoms with E-state index in [1.807, 2.05) is 64.4 Å². The minimum Gasteiger partial charge on any atom is -0.493 e. The summed E-state index contributed by atoms with van der Waals surface area (Å²) >= 11 is 1.59. The maximum atomic E-state index is 14.1. The van der Waals surface area contributed by atoms with E-state index >= 15 is 0 Å². The topological polar surface area (TPSA) is 197 Å². The Labute approximate surface area is 411 Å². The lowest BCUT2D eigenvalue weighted by molar-refractivity contribution is -0.142. The fraction of sp³-hybridized carbons (Fsp3) is 0.519. The van der Waals surface area contributed by atoms with Gasteiger partial charge < -0.3 is 35.4 Å². The summed E-state index contributed by atoms with van der Waals surface area (Å²) in [5.41, 5.74) is 5.88. The van der Waals surface area contributed by atoms with Crippen molar-refractivity contribution in [2.75, 3.05) is 50.7 Å². The van der Waals surface area contributed by atoms with Crippen LogP contribution in [0.3, 0.4) is 0 Å². The van der Waals surface area contributed by atoms with Crippen LogP contribution < -0.4 is 25.4 Å². The molecule has 4 aromatic rings. The summed E-state index contributed by atoms with van der Waals surface area (Å²) in [6.07, 6.45) is 8.56. The third-order valence-corrected chi connectivity index (χ3v) is 14.7. The van der Waals surface area contributed by atoms with Crippen LogP contribution in [-0.4, -0.2) is 115 Å². The molecule has 6 rings (SSSR count). The summed E-state index contributed by atoms with van der Waals surface area (Å²) in [7, 11) is -2.13. The predicted octanol–water partition coefficient (Wildman–Crippen LogP) is 7.72. The molecule has 2 aliphatic heterocycles. The van der Waals surface area contributed by atoms with E-state index in [2.05, 4.69) is 20.9 Å². The van der Waals surface area contributed by atoms with E-state index < -0.39 is 57.0 Å². The van der Waals surface area contributed by atoms with Crippen molar-refractivity contribution in [2.24, 2.45) is 5.41 Å². The van der Waals surface area contributed by atoms with Gasteiger partial charge in [0, 0.05) is 38.0 Å². The van der Waals surface area contributed by atoms with Crippen LogP contribution in [0.2, 0.25) is 0 Å². The number of aliphatic hydroxyl groups excluding tert-OH is 1. The van der Waals surface area contributed by atoms with Gasteiger partial charge in [-0.2, -0.15) is 0 Å². The van der Waals surface area contributed by atoms with Gasteiger partial charge in [-0.1, -0.05) is 95.7 Å². The molecule has 17 heteroatoms. The lowest BCUT2D eigenvalue weighted by Crippen LogP contribution is -2.56. The second-order valence-corrected chi connectivity index (χ2v) is 22.3. The Kier molecular flexibility index (Phi) is 18.4. The van der Waals surface area contributed by atoms with Gasteiger partial charge in [-0.3, -0.25) is 24.1 Å². The van der Waals surface area contributed by atoms with E-state index in [4.69, 9.17) is 9.47 Å². The van der Waals surface area contributed by atoms with Crippen molar-refractivity contribution in [3.63, 3.8) is 0 Å². The molecule has 3 aromatic carbocycles. The molecule has 4 atom stereocenters. The Balaban J connectivity index is 0.905. The van der Waals surface area contributed by atoms with Crippen LogP contribution in [0.4, 0.5) is 5.69 Å². The summed E-state index contributed by atoms with van der Waals surface area (Å²) < 4.78 is 36.4. The van der Waals surface area contributed by atoms with Crippen molar-refractivity contribution in [1.82, 2.24) is 25.4 Å². The number of carbonyl (C=O) groups excluding carboxylic acids is 4. The molecule has 1 aromatic heterocycles. The van der Waals surface area contributed by atoms with Crippen molar-refractivity contribution in [2.45, 2.75) is 123 Å². The van der Waals surface area contributed by atoms with Gasteiger partial charge in [0.25, 0.3) is 11.8 Å². The molecule has 4 amide bonds. The fourth-order valence-corrected chi connectivity index (χ4v) is 10.9. The maximum Gasteiger partial charge on any atom is 0.264 e. The molecule has 3 heterocycles. The number of sulfone groups is 1. The molecule has 0 aliphatic carbocycles. The molecule has 374 valence electrons. The third-order valence-electron chi connectivity index (χ3n) is 12.8. The van der Waals surface area contributed by atoms with E-state index in [1.54, 1.807) is 52.6 Å².